The number of fused-ring (bicyclic) bond motifs is 2. The highest BCUT2D eigenvalue weighted by Crippen LogP contribution is 2.44. The van der Waals surface area contributed by atoms with Crippen molar-refractivity contribution in [2.75, 3.05) is 6.61 Å². The van der Waals surface area contributed by atoms with Gasteiger partial charge in [0.1, 0.15) is 36.0 Å². The van der Waals surface area contributed by atoms with Gasteiger partial charge in [-0.15, -0.1) is 5.10 Å². The second-order valence-corrected chi connectivity index (χ2v) is 16.0. The van der Waals surface area contributed by atoms with E-state index in [0.717, 1.165) is 0 Å². The van der Waals surface area contributed by atoms with Crippen LogP contribution in [0.4, 0.5) is 0 Å². The standard InChI is InChI=1S/C21H31Cl2N3O5Si/c1-20(2,3)32(6,7)28-10-13-15-17(31-21(4,5)30-15)16(29-13)14(27)11-8-9-12-18(22)24-19(23)25-26(11)12/h8-9,13-17,27H,10H2,1-7H3/t13-,14?,15-,16-,17-/m1/s1. The molecule has 2 aromatic rings. The fourth-order valence-corrected chi connectivity index (χ4v) is 5.40. The normalized spacial score (nSPS) is 28.9. The molecular formula is C21H31Cl2N3O5Si. The Hall–Kier alpha value is -0.783. The third-order valence-corrected chi connectivity index (χ3v) is 11.6. The first kappa shape index (κ1) is 24.3. The van der Waals surface area contributed by atoms with Gasteiger partial charge in [-0.3, -0.25) is 0 Å². The van der Waals surface area contributed by atoms with Crippen molar-refractivity contribution in [3.8, 4) is 0 Å². The summed E-state index contributed by atoms with van der Waals surface area (Å²) in [5, 5.41) is 15.8. The average molecular weight is 504 g/mol. The van der Waals surface area contributed by atoms with Crippen molar-refractivity contribution in [1.29, 1.82) is 0 Å². The molecule has 4 heterocycles. The lowest BCUT2D eigenvalue weighted by Gasteiger charge is -2.37. The monoisotopic (exact) mass is 503 g/mol. The minimum atomic E-state index is -1.99. The smallest absolute Gasteiger partial charge is 0.242 e. The van der Waals surface area contributed by atoms with E-state index in [1.807, 2.05) is 13.8 Å². The summed E-state index contributed by atoms with van der Waals surface area (Å²) in [7, 11) is -1.99. The first-order valence-electron chi connectivity index (χ1n) is 10.7. The number of aromatic nitrogens is 3. The molecule has 32 heavy (non-hydrogen) atoms. The SMILES string of the molecule is CC1(C)O[C@@H]2[C@H](O1)[C@@H](CO[Si](C)(C)C(C)(C)C)O[C@@H]2C(O)c1ccc2c(Cl)nc(Cl)nn12. The fraction of sp³-hybridized carbons (Fsp3) is 0.714. The van der Waals surface area contributed by atoms with Gasteiger partial charge in [-0.1, -0.05) is 32.4 Å². The molecule has 0 saturated carbocycles. The Morgan fingerprint density at radius 1 is 1.22 bits per heavy atom. The van der Waals surface area contributed by atoms with Crippen molar-refractivity contribution in [1.82, 2.24) is 14.6 Å². The topological polar surface area (TPSA) is 87.3 Å². The predicted octanol–water partition coefficient (Wildman–Crippen LogP) is 4.38. The maximum atomic E-state index is 11.3. The minimum Gasteiger partial charge on any atom is -0.414 e. The molecule has 1 unspecified atom stereocenters. The lowest BCUT2D eigenvalue weighted by Crippen LogP contribution is -2.44. The molecule has 1 N–H and O–H groups in total. The zero-order valence-electron chi connectivity index (χ0n) is 19.4. The largest absolute Gasteiger partial charge is 0.414 e. The van der Waals surface area contributed by atoms with E-state index in [4.69, 9.17) is 41.8 Å². The van der Waals surface area contributed by atoms with Crippen LogP contribution in [0, 0.1) is 0 Å². The second-order valence-electron chi connectivity index (χ2n) is 10.4. The maximum absolute atomic E-state index is 11.3. The van der Waals surface area contributed by atoms with Crippen molar-refractivity contribution < 1.29 is 23.7 Å². The summed E-state index contributed by atoms with van der Waals surface area (Å²) in [5.41, 5.74) is 1.02. The molecule has 2 fully saturated rings. The molecule has 4 rings (SSSR count). The number of rotatable bonds is 5. The molecule has 2 aliphatic heterocycles. The molecule has 2 aliphatic rings. The molecular weight excluding hydrogens is 473 g/mol. The summed E-state index contributed by atoms with van der Waals surface area (Å²) in [5.74, 6) is -0.789. The Bertz CT molecular complexity index is 1010. The van der Waals surface area contributed by atoms with Crippen LogP contribution < -0.4 is 0 Å². The van der Waals surface area contributed by atoms with Crippen LogP contribution in [0.15, 0.2) is 12.1 Å². The molecule has 2 aromatic heterocycles. The van der Waals surface area contributed by atoms with Crippen LogP contribution in [0.5, 0.6) is 0 Å². The lowest BCUT2D eigenvalue weighted by molar-refractivity contribution is -0.200. The van der Waals surface area contributed by atoms with E-state index in [2.05, 4.69) is 43.9 Å². The molecule has 0 radical (unpaired) electrons. The van der Waals surface area contributed by atoms with Gasteiger partial charge in [0.2, 0.25) is 5.28 Å². The van der Waals surface area contributed by atoms with Crippen LogP contribution in [0.2, 0.25) is 28.6 Å². The fourth-order valence-electron chi connectivity index (χ4n) is 3.96. The van der Waals surface area contributed by atoms with Crippen LogP contribution in [0.25, 0.3) is 5.52 Å². The molecule has 8 nitrogen and oxygen atoms in total. The van der Waals surface area contributed by atoms with Gasteiger partial charge < -0.3 is 23.7 Å². The van der Waals surface area contributed by atoms with Gasteiger partial charge in [-0.05, 0) is 55.7 Å². The maximum Gasteiger partial charge on any atom is 0.242 e. The van der Waals surface area contributed by atoms with Gasteiger partial charge in [0, 0.05) is 0 Å². The Kier molecular flexibility index (Phi) is 6.21. The van der Waals surface area contributed by atoms with E-state index in [1.54, 1.807) is 12.1 Å². The number of halogens is 2. The van der Waals surface area contributed by atoms with E-state index in [-0.39, 0.29) is 27.7 Å². The highest BCUT2D eigenvalue weighted by atomic mass is 35.5. The number of aliphatic hydroxyl groups excluding tert-OH is 1. The lowest BCUT2D eigenvalue weighted by atomic mass is 10.0. The van der Waals surface area contributed by atoms with Crippen LogP contribution >= 0.6 is 23.2 Å². The molecule has 2 saturated heterocycles. The van der Waals surface area contributed by atoms with Gasteiger partial charge in [0.05, 0.1) is 12.3 Å². The van der Waals surface area contributed by atoms with E-state index in [9.17, 15) is 5.11 Å². The zero-order valence-corrected chi connectivity index (χ0v) is 21.9. The van der Waals surface area contributed by atoms with Crippen LogP contribution in [-0.4, -0.2) is 64.8 Å². The summed E-state index contributed by atoms with van der Waals surface area (Å²) in [6.45, 7) is 15.1. The molecule has 0 aromatic carbocycles. The third kappa shape index (κ3) is 4.34. The van der Waals surface area contributed by atoms with Gasteiger partial charge in [0.15, 0.2) is 19.3 Å². The molecule has 0 bridgehead atoms. The Morgan fingerprint density at radius 2 is 1.88 bits per heavy atom. The average Bonchev–Trinajstić information content (AvgIpc) is 3.29. The summed E-state index contributed by atoms with van der Waals surface area (Å²) in [6, 6.07) is 3.47. The van der Waals surface area contributed by atoms with Crippen LogP contribution in [-0.2, 0) is 18.6 Å². The molecule has 11 heteroatoms. The van der Waals surface area contributed by atoms with Gasteiger partial charge in [-0.2, -0.15) is 0 Å². The summed E-state index contributed by atoms with van der Waals surface area (Å²) >= 11 is 12.2. The highest BCUT2D eigenvalue weighted by molar-refractivity contribution is 6.74. The number of aliphatic hydroxyl groups is 1. The molecule has 0 aliphatic carbocycles. The summed E-state index contributed by atoms with van der Waals surface area (Å²) in [4.78, 5) is 3.95. The van der Waals surface area contributed by atoms with Crippen molar-refractivity contribution in [3.05, 3.63) is 28.3 Å². The first-order chi connectivity index (χ1) is 14.7. The van der Waals surface area contributed by atoms with Gasteiger partial charge in [0.25, 0.3) is 0 Å². The highest BCUT2D eigenvalue weighted by Gasteiger charge is 2.57. The van der Waals surface area contributed by atoms with Crippen molar-refractivity contribution >= 4 is 37.0 Å². The summed E-state index contributed by atoms with van der Waals surface area (Å²) in [6.07, 6.45) is -2.93. The number of ether oxygens (including phenoxy) is 3. The van der Waals surface area contributed by atoms with Crippen molar-refractivity contribution in [2.24, 2.45) is 0 Å². The Balaban J connectivity index is 1.60. The second kappa shape index (κ2) is 8.16. The summed E-state index contributed by atoms with van der Waals surface area (Å²) < 4.78 is 26.5. The van der Waals surface area contributed by atoms with Crippen LogP contribution in [0.1, 0.15) is 46.4 Å². The van der Waals surface area contributed by atoms with E-state index in [1.165, 1.54) is 4.52 Å². The molecule has 0 spiro atoms. The van der Waals surface area contributed by atoms with Crippen molar-refractivity contribution in [3.63, 3.8) is 0 Å². The predicted molar refractivity (Wildman–Crippen MR) is 124 cm³/mol. The Labute approximate surface area is 199 Å². The number of nitrogens with zero attached hydrogens (tertiary/aromatic N) is 3. The Morgan fingerprint density at radius 3 is 2.53 bits per heavy atom. The quantitative estimate of drug-likeness (QED) is 0.605. The van der Waals surface area contributed by atoms with Gasteiger partial charge in [-0.25, -0.2) is 9.50 Å². The third-order valence-electron chi connectivity index (χ3n) is 6.68. The van der Waals surface area contributed by atoms with E-state index >= 15 is 0 Å². The number of hydrogen-bond acceptors (Lipinski definition) is 7. The molecule has 5 atom stereocenters. The molecule has 0 amide bonds. The van der Waals surface area contributed by atoms with Gasteiger partial charge >= 0.3 is 0 Å². The zero-order chi connectivity index (χ0) is 23.6. The minimum absolute atomic E-state index is 0.0143. The number of hydrogen-bond donors (Lipinski definition) is 1. The molecule has 178 valence electrons. The van der Waals surface area contributed by atoms with Crippen LogP contribution in [0.3, 0.4) is 0 Å². The first-order valence-corrected chi connectivity index (χ1v) is 14.4. The van der Waals surface area contributed by atoms with E-state index < -0.39 is 32.4 Å². The van der Waals surface area contributed by atoms with E-state index in [0.29, 0.717) is 17.8 Å². The van der Waals surface area contributed by atoms with Crippen molar-refractivity contribution in [2.45, 2.75) is 89.1 Å².